The van der Waals surface area contributed by atoms with Gasteiger partial charge in [-0.25, -0.2) is 4.79 Å². The van der Waals surface area contributed by atoms with Gasteiger partial charge >= 0.3 is 5.97 Å². The third-order valence-corrected chi connectivity index (χ3v) is 6.33. The number of unbranched alkanes of at least 4 members (excludes halogenated alkanes) is 4. The van der Waals surface area contributed by atoms with Gasteiger partial charge < -0.3 is 15.3 Å². The molecule has 1 rings (SSSR count). The number of rotatable bonds is 14. The van der Waals surface area contributed by atoms with E-state index in [-0.39, 0.29) is 6.42 Å². The minimum atomic E-state index is -2.62. The van der Waals surface area contributed by atoms with Crippen molar-refractivity contribution in [2.75, 3.05) is 12.0 Å². The van der Waals surface area contributed by atoms with E-state index in [9.17, 15) is 15.0 Å². The Bertz CT molecular complexity index is 473. The highest BCUT2D eigenvalue weighted by atomic mass is 32.2. The lowest BCUT2D eigenvalue weighted by atomic mass is 9.87. The second-order valence-electron chi connectivity index (χ2n) is 7.78. The summed E-state index contributed by atoms with van der Waals surface area (Å²) in [7, 11) is 0. The Hall–Kier alpha value is -0.780. The molecule has 1 aliphatic carbocycles. The van der Waals surface area contributed by atoms with Gasteiger partial charge in [0.2, 0.25) is 0 Å². The van der Waals surface area contributed by atoms with E-state index in [1.165, 1.54) is 50.7 Å². The highest BCUT2D eigenvalue weighted by Crippen LogP contribution is 2.41. The molecule has 0 amide bonds. The zero-order valence-electron chi connectivity index (χ0n) is 17.0. The Morgan fingerprint density at radius 1 is 1.07 bits per heavy atom. The molecule has 4 nitrogen and oxygen atoms in total. The number of thioether (sulfide) groups is 1. The van der Waals surface area contributed by atoms with Gasteiger partial charge in [0.15, 0.2) is 0 Å². The summed E-state index contributed by atoms with van der Waals surface area (Å²) >= 11 is 1.93. The fourth-order valence-electron chi connectivity index (χ4n) is 3.92. The first kappa shape index (κ1) is 24.3. The number of carboxylic acids is 1. The number of carbonyl (C=O) groups is 1. The van der Waals surface area contributed by atoms with Crippen LogP contribution in [0.3, 0.4) is 0 Å². The van der Waals surface area contributed by atoms with E-state index in [2.05, 4.69) is 31.4 Å². The van der Waals surface area contributed by atoms with Crippen molar-refractivity contribution in [3.63, 3.8) is 0 Å². The Morgan fingerprint density at radius 3 is 2.48 bits per heavy atom. The third kappa shape index (κ3) is 9.31. The van der Waals surface area contributed by atoms with E-state index in [0.717, 1.165) is 12.3 Å². The Balaban J connectivity index is 2.47. The van der Waals surface area contributed by atoms with E-state index >= 15 is 0 Å². The number of aliphatic hydroxyl groups is 2. The molecule has 156 valence electrons. The molecule has 0 aromatic carbocycles. The maximum atomic E-state index is 10.7. The van der Waals surface area contributed by atoms with E-state index in [4.69, 9.17) is 5.11 Å². The Labute approximate surface area is 169 Å². The van der Waals surface area contributed by atoms with E-state index < -0.39 is 11.8 Å². The van der Waals surface area contributed by atoms with Crippen molar-refractivity contribution in [3.8, 4) is 0 Å². The quantitative estimate of drug-likeness (QED) is 0.218. The highest BCUT2D eigenvalue weighted by molar-refractivity contribution is 7.98. The molecule has 0 aliphatic heterocycles. The van der Waals surface area contributed by atoms with Crippen molar-refractivity contribution in [2.45, 2.75) is 76.9 Å². The number of carboxylic acid groups (broad SMARTS) is 1. The molecule has 3 atom stereocenters. The lowest BCUT2D eigenvalue weighted by Gasteiger charge is -2.21. The van der Waals surface area contributed by atoms with Crippen molar-refractivity contribution in [1.82, 2.24) is 0 Å². The van der Waals surface area contributed by atoms with E-state index in [1.807, 2.05) is 17.8 Å². The lowest BCUT2D eigenvalue weighted by molar-refractivity contribution is -0.205. The molecule has 27 heavy (non-hydrogen) atoms. The zero-order valence-corrected chi connectivity index (χ0v) is 17.8. The first-order valence-electron chi connectivity index (χ1n) is 10.4. The molecule has 0 radical (unpaired) electrons. The highest BCUT2D eigenvalue weighted by Gasteiger charge is 2.33. The van der Waals surface area contributed by atoms with Crippen LogP contribution in [0.15, 0.2) is 24.3 Å². The molecular weight excluding hydrogens is 360 g/mol. The fourth-order valence-corrected chi connectivity index (χ4v) is 4.74. The molecule has 0 aromatic rings. The summed E-state index contributed by atoms with van der Waals surface area (Å²) in [5.74, 6) is -0.985. The predicted molar refractivity (Wildman–Crippen MR) is 114 cm³/mol. The minimum absolute atomic E-state index is 0.181. The molecule has 1 aliphatic rings. The number of hydrogen-bond donors (Lipinski definition) is 3. The first-order chi connectivity index (χ1) is 12.9. The van der Waals surface area contributed by atoms with Crippen LogP contribution < -0.4 is 0 Å². The van der Waals surface area contributed by atoms with Crippen LogP contribution in [0.5, 0.6) is 0 Å². The molecule has 0 saturated heterocycles. The maximum Gasteiger partial charge on any atom is 0.364 e. The van der Waals surface area contributed by atoms with Gasteiger partial charge in [-0.15, -0.1) is 0 Å². The topological polar surface area (TPSA) is 77.8 Å². The van der Waals surface area contributed by atoms with E-state index in [0.29, 0.717) is 18.3 Å². The van der Waals surface area contributed by atoms with Gasteiger partial charge in [-0.2, -0.15) is 11.8 Å². The van der Waals surface area contributed by atoms with Gasteiger partial charge in [-0.1, -0.05) is 50.5 Å². The lowest BCUT2D eigenvalue weighted by Crippen LogP contribution is -2.37. The van der Waals surface area contributed by atoms with Crippen molar-refractivity contribution >= 4 is 17.7 Å². The molecule has 0 unspecified atom stereocenters. The summed E-state index contributed by atoms with van der Waals surface area (Å²) in [6.07, 6.45) is 21.0. The minimum Gasteiger partial charge on any atom is -0.477 e. The molecular formula is C22H38O4S. The molecule has 0 aromatic heterocycles. The second kappa shape index (κ2) is 13.4. The van der Waals surface area contributed by atoms with Crippen LogP contribution in [-0.4, -0.2) is 39.1 Å². The molecule has 0 heterocycles. The monoisotopic (exact) mass is 398 g/mol. The summed E-state index contributed by atoms with van der Waals surface area (Å²) < 4.78 is 0. The maximum absolute atomic E-state index is 10.7. The standard InChI is InChI=1S/C22H38O4S/c1-3-4-5-6-7-10-13-20-18(14-15-19(20)17-27-2)12-9-8-11-16-22(25,26)21(23)24/h8-10,13,18-20,25-26H,3-7,11-12,14-17H2,1-2H3,(H,23,24)/b9-8-,13-10+/t18-,19-,20+/m0/s1. The van der Waals surface area contributed by atoms with Crippen LogP contribution in [0.1, 0.15) is 71.1 Å². The van der Waals surface area contributed by atoms with Crippen LogP contribution in [-0.2, 0) is 4.79 Å². The van der Waals surface area contributed by atoms with Crippen molar-refractivity contribution < 1.29 is 20.1 Å². The Kier molecular flexibility index (Phi) is 12.0. The van der Waals surface area contributed by atoms with Gasteiger partial charge in [-0.3, -0.25) is 0 Å². The van der Waals surface area contributed by atoms with Crippen LogP contribution in [0.4, 0.5) is 0 Å². The van der Waals surface area contributed by atoms with E-state index in [1.54, 1.807) is 0 Å². The van der Waals surface area contributed by atoms with Gasteiger partial charge in [0.05, 0.1) is 0 Å². The summed E-state index contributed by atoms with van der Waals surface area (Å²) in [6, 6.07) is 0. The van der Waals surface area contributed by atoms with Gasteiger partial charge in [0, 0.05) is 6.42 Å². The molecule has 1 saturated carbocycles. The summed E-state index contributed by atoms with van der Waals surface area (Å²) in [5.41, 5.74) is 0. The summed E-state index contributed by atoms with van der Waals surface area (Å²) in [5, 5.41) is 27.3. The number of allylic oxidation sites excluding steroid dienone is 4. The third-order valence-electron chi connectivity index (χ3n) is 5.57. The fraction of sp³-hybridized carbons (Fsp3) is 0.773. The Morgan fingerprint density at radius 2 is 1.81 bits per heavy atom. The van der Waals surface area contributed by atoms with Crippen LogP contribution in [0.2, 0.25) is 0 Å². The molecule has 0 spiro atoms. The second-order valence-corrected chi connectivity index (χ2v) is 8.69. The van der Waals surface area contributed by atoms with Crippen LogP contribution >= 0.6 is 11.8 Å². The van der Waals surface area contributed by atoms with Crippen LogP contribution in [0.25, 0.3) is 0 Å². The predicted octanol–water partition coefficient (Wildman–Crippen LogP) is 5.01. The number of aliphatic carboxylic acids is 1. The van der Waals surface area contributed by atoms with Gasteiger partial charge in [0.1, 0.15) is 0 Å². The SMILES string of the molecule is CCCCCC/C=C/[C@@H]1[C@@H](C/C=C\CCC(O)(O)C(=O)O)CC[C@H]1CSC. The molecule has 3 N–H and O–H groups in total. The van der Waals surface area contributed by atoms with Crippen molar-refractivity contribution in [3.05, 3.63) is 24.3 Å². The van der Waals surface area contributed by atoms with Gasteiger partial charge in [-0.05, 0) is 68.3 Å². The average Bonchev–Trinajstić information content (AvgIpc) is 2.99. The van der Waals surface area contributed by atoms with Crippen LogP contribution in [0, 0.1) is 17.8 Å². The zero-order chi connectivity index (χ0) is 20.1. The largest absolute Gasteiger partial charge is 0.477 e. The smallest absolute Gasteiger partial charge is 0.364 e. The number of hydrogen-bond acceptors (Lipinski definition) is 4. The molecule has 5 heteroatoms. The van der Waals surface area contributed by atoms with Crippen molar-refractivity contribution in [1.29, 1.82) is 0 Å². The average molecular weight is 399 g/mol. The van der Waals surface area contributed by atoms with Crippen molar-refractivity contribution in [2.24, 2.45) is 17.8 Å². The molecule has 0 bridgehead atoms. The molecule has 1 fully saturated rings. The first-order valence-corrected chi connectivity index (χ1v) is 11.8. The summed E-state index contributed by atoms with van der Waals surface area (Å²) in [6.45, 7) is 2.24. The summed E-state index contributed by atoms with van der Waals surface area (Å²) in [4.78, 5) is 10.7. The van der Waals surface area contributed by atoms with Gasteiger partial charge in [0.25, 0.3) is 5.79 Å². The normalized spacial score (nSPS) is 23.6.